The topological polar surface area (TPSA) is 50.2 Å². The molecule has 4 rings (SSSR count). The summed E-state index contributed by atoms with van der Waals surface area (Å²) < 4.78 is 2.34. The Morgan fingerprint density at radius 1 is 1.07 bits per heavy atom. The number of amides is 1. The highest BCUT2D eigenvalue weighted by molar-refractivity contribution is 6.30. The van der Waals surface area contributed by atoms with E-state index in [0.29, 0.717) is 10.6 Å². The molecule has 1 saturated heterocycles. The van der Waals surface area contributed by atoms with Gasteiger partial charge in [0, 0.05) is 22.8 Å². The van der Waals surface area contributed by atoms with Crippen molar-refractivity contribution in [2.24, 2.45) is 0 Å². The zero-order valence-corrected chi connectivity index (χ0v) is 18.3. The minimum atomic E-state index is -0.149. The van der Waals surface area contributed by atoms with Crippen molar-refractivity contribution in [2.45, 2.75) is 52.1 Å². The molecule has 0 radical (unpaired) electrons. The Labute approximate surface area is 183 Å². The number of aromatic nitrogens is 2. The number of halogens is 1. The molecule has 1 fully saturated rings. The first kappa shape index (κ1) is 20.9. The molecule has 1 N–H and O–H groups in total. The number of anilines is 1. The van der Waals surface area contributed by atoms with Crippen molar-refractivity contribution in [3.05, 3.63) is 58.9 Å². The number of benzene rings is 2. The molecule has 2 aromatic carbocycles. The normalized spacial score (nSPS) is 15.3. The summed E-state index contributed by atoms with van der Waals surface area (Å²) in [5, 5.41) is 3.60. The maximum absolute atomic E-state index is 12.5. The van der Waals surface area contributed by atoms with E-state index in [4.69, 9.17) is 16.6 Å². The van der Waals surface area contributed by atoms with Crippen LogP contribution in [0.1, 0.15) is 55.2 Å². The SMILES string of the molecule is CCCn1c(CN2CCCCCC2)nc2cc(NC(=O)c3ccc(Cl)cc3)ccc21. The fraction of sp³-hybridized carbons (Fsp3) is 0.417. The molecule has 1 amide bonds. The molecule has 6 heteroatoms. The molecule has 30 heavy (non-hydrogen) atoms. The van der Waals surface area contributed by atoms with Crippen molar-refractivity contribution in [3.8, 4) is 0 Å². The van der Waals surface area contributed by atoms with Gasteiger partial charge >= 0.3 is 0 Å². The quantitative estimate of drug-likeness (QED) is 0.549. The molecular weight excluding hydrogens is 396 g/mol. The fourth-order valence-electron chi connectivity index (χ4n) is 4.15. The summed E-state index contributed by atoms with van der Waals surface area (Å²) >= 11 is 5.92. The van der Waals surface area contributed by atoms with Gasteiger partial charge < -0.3 is 9.88 Å². The lowest BCUT2D eigenvalue weighted by atomic mass is 10.2. The van der Waals surface area contributed by atoms with Gasteiger partial charge in [0.2, 0.25) is 0 Å². The van der Waals surface area contributed by atoms with E-state index in [1.54, 1.807) is 24.3 Å². The molecule has 1 aliphatic rings. The lowest BCUT2D eigenvalue weighted by Gasteiger charge is -2.20. The molecule has 3 aromatic rings. The molecule has 1 aliphatic heterocycles. The third-order valence-corrected chi connectivity index (χ3v) is 5.95. The summed E-state index contributed by atoms with van der Waals surface area (Å²) in [6, 6.07) is 12.9. The van der Waals surface area contributed by atoms with E-state index in [2.05, 4.69) is 27.8 Å². The molecule has 1 aromatic heterocycles. The summed E-state index contributed by atoms with van der Waals surface area (Å²) in [7, 11) is 0. The number of hydrogen-bond acceptors (Lipinski definition) is 3. The molecule has 0 spiro atoms. The first-order valence-electron chi connectivity index (χ1n) is 10.9. The second-order valence-corrected chi connectivity index (χ2v) is 8.47. The number of hydrogen-bond donors (Lipinski definition) is 1. The number of nitrogens with one attached hydrogen (secondary N) is 1. The van der Waals surface area contributed by atoms with Crippen LogP contribution in [-0.2, 0) is 13.1 Å². The van der Waals surface area contributed by atoms with Crippen molar-refractivity contribution >= 4 is 34.2 Å². The van der Waals surface area contributed by atoms with E-state index >= 15 is 0 Å². The van der Waals surface area contributed by atoms with Crippen LogP contribution in [0.3, 0.4) is 0 Å². The van der Waals surface area contributed by atoms with Gasteiger partial charge in [0.25, 0.3) is 5.91 Å². The van der Waals surface area contributed by atoms with Crippen molar-refractivity contribution in [3.63, 3.8) is 0 Å². The zero-order valence-electron chi connectivity index (χ0n) is 17.5. The predicted molar refractivity (Wildman–Crippen MR) is 123 cm³/mol. The number of likely N-dealkylation sites (tertiary alicyclic amines) is 1. The Bertz CT molecular complexity index is 1000. The maximum Gasteiger partial charge on any atom is 0.255 e. The van der Waals surface area contributed by atoms with Crippen LogP contribution in [0.15, 0.2) is 42.5 Å². The van der Waals surface area contributed by atoms with Gasteiger partial charge in [-0.1, -0.05) is 31.4 Å². The average molecular weight is 425 g/mol. The Morgan fingerprint density at radius 3 is 2.50 bits per heavy atom. The largest absolute Gasteiger partial charge is 0.327 e. The number of aryl methyl sites for hydroxylation is 1. The van der Waals surface area contributed by atoms with E-state index in [0.717, 1.165) is 55.1 Å². The molecular formula is C24H29ClN4O. The average Bonchev–Trinajstić information content (AvgIpc) is 2.90. The lowest BCUT2D eigenvalue weighted by molar-refractivity contribution is 0.102. The maximum atomic E-state index is 12.5. The summed E-state index contributed by atoms with van der Waals surface area (Å²) in [4.78, 5) is 20.0. The third-order valence-electron chi connectivity index (χ3n) is 5.70. The Kier molecular flexibility index (Phi) is 6.70. The van der Waals surface area contributed by atoms with Crippen molar-refractivity contribution in [1.82, 2.24) is 14.5 Å². The van der Waals surface area contributed by atoms with Crippen LogP contribution in [-0.4, -0.2) is 33.4 Å². The Morgan fingerprint density at radius 2 is 1.80 bits per heavy atom. The van der Waals surface area contributed by atoms with Crippen LogP contribution in [0.4, 0.5) is 5.69 Å². The van der Waals surface area contributed by atoms with Crippen LogP contribution in [0.5, 0.6) is 0 Å². The molecule has 0 atom stereocenters. The van der Waals surface area contributed by atoms with Gasteiger partial charge in [0.05, 0.1) is 17.6 Å². The third kappa shape index (κ3) is 4.85. The molecule has 0 saturated carbocycles. The number of nitrogens with zero attached hydrogens (tertiary/aromatic N) is 3. The van der Waals surface area contributed by atoms with Crippen LogP contribution in [0, 0.1) is 0 Å². The van der Waals surface area contributed by atoms with Crippen LogP contribution < -0.4 is 5.32 Å². The Hall–Kier alpha value is -2.37. The van der Waals surface area contributed by atoms with Crippen molar-refractivity contribution in [2.75, 3.05) is 18.4 Å². The van der Waals surface area contributed by atoms with Gasteiger partial charge in [-0.15, -0.1) is 0 Å². The van der Waals surface area contributed by atoms with Crippen LogP contribution in [0.2, 0.25) is 5.02 Å². The summed E-state index contributed by atoms with van der Waals surface area (Å²) in [5.41, 5.74) is 3.40. The van der Waals surface area contributed by atoms with Gasteiger partial charge in [-0.05, 0) is 74.8 Å². The molecule has 5 nitrogen and oxygen atoms in total. The van der Waals surface area contributed by atoms with E-state index in [9.17, 15) is 4.79 Å². The lowest BCUT2D eigenvalue weighted by Crippen LogP contribution is -2.26. The summed E-state index contributed by atoms with van der Waals surface area (Å²) in [5.74, 6) is 0.971. The van der Waals surface area contributed by atoms with Crippen molar-refractivity contribution < 1.29 is 4.79 Å². The number of carbonyl (C=O) groups excluding carboxylic acids is 1. The van der Waals surface area contributed by atoms with E-state index in [-0.39, 0.29) is 5.91 Å². The summed E-state index contributed by atoms with van der Waals surface area (Å²) in [6.07, 6.45) is 6.27. The molecule has 0 bridgehead atoms. The summed E-state index contributed by atoms with van der Waals surface area (Å²) in [6.45, 7) is 6.34. The standard InChI is InChI=1S/C24H29ClN4O/c1-2-13-29-22-12-11-20(26-24(30)18-7-9-19(25)10-8-18)16-21(22)27-23(29)17-28-14-5-3-4-6-15-28/h7-12,16H,2-6,13-15,17H2,1H3,(H,26,30). The number of imidazole rings is 1. The highest BCUT2D eigenvalue weighted by Gasteiger charge is 2.16. The number of rotatable bonds is 6. The highest BCUT2D eigenvalue weighted by atomic mass is 35.5. The molecule has 0 aliphatic carbocycles. The molecule has 158 valence electrons. The smallest absolute Gasteiger partial charge is 0.255 e. The number of fused-ring (bicyclic) bond motifs is 1. The first-order valence-corrected chi connectivity index (χ1v) is 11.3. The van der Waals surface area contributed by atoms with Gasteiger partial charge in [0.1, 0.15) is 5.82 Å². The van der Waals surface area contributed by atoms with E-state index in [1.807, 2.05) is 12.1 Å². The van der Waals surface area contributed by atoms with Gasteiger partial charge in [0.15, 0.2) is 0 Å². The second-order valence-electron chi connectivity index (χ2n) is 8.03. The minimum absolute atomic E-state index is 0.149. The van der Waals surface area contributed by atoms with Gasteiger partial charge in [-0.2, -0.15) is 0 Å². The molecule has 2 heterocycles. The zero-order chi connectivity index (χ0) is 20.9. The number of carbonyl (C=O) groups is 1. The molecule has 0 unspecified atom stereocenters. The predicted octanol–water partition coefficient (Wildman–Crippen LogP) is 5.73. The Balaban J connectivity index is 1.57. The van der Waals surface area contributed by atoms with E-state index < -0.39 is 0 Å². The van der Waals surface area contributed by atoms with Crippen LogP contribution >= 0.6 is 11.6 Å². The van der Waals surface area contributed by atoms with Gasteiger partial charge in [-0.25, -0.2) is 4.98 Å². The first-order chi connectivity index (χ1) is 14.6. The highest BCUT2D eigenvalue weighted by Crippen LogP contribution is 2.23. The van der Waals surface area contributed by atoms with E-state index in [1.165, 1.54) is 25.7 Å². The minimum Gasteiger partial charge on any atom is -0.327 e. The monoisotopic (exact) mass is 424 g/mol. The fourth-order valence-corrected chi connectivity index (χ4v) is 4.28. The van der Waals surface area contributed by atoms with Gasteiger partial charge in [-0.3, -0.25) is 9.69 Å². The van der Waals surface area contributed by atoms with Crippen molar-refractivity contribution in [1.29, 1.82) is 0 Å². The second kappa shape index (κ2) is 9.63. The van der Waals surface area contributed by atoms with Crippen LogP contribution in [0.25, 0.3) is 11.0 Å².